The number of nitrogens with one attached hydrogen (secondary N) is 1. The van der Waals surface area contributed by atoms with E-state index in [1.807, 2.05) is 17.9 Å². The first-order valence-electron chi connectivity index (χ1n) is 14.0. The molecule has 200 valence electrons. The maximum Gasteiger partial charge on any atom is 0.261 e. The monoisotopic (exact) mass is 505 g/mol. The van der Waals surface area contributed by atoms with Crippen LogP contribution in [0.15, 0.2) is 42.5 Å². The number of nitrogens with zero attached hydrogens (tertiary/aromatic N) is 2. The van der Waals surface area contributed by atoms with Crippen molar-refractivity contribution in [2.45, 2.75) is 71.9 Å². The first-order valence-corrected chi connectivity index (χ1v) is 14.0. The molecule has 1 saturated heterocycles. The summed E-state index contributed by atoms with van der Waals surface area (Å²) in [5, 5.41) is 3.06. The van der Waals surface area contributed by atoms with Gasteiger partial charge in [0, 0.05) is 26.1 Å². The maximum absolute atomic E-state index is 13.3. The largest absolute Gasteiger partial charge is 0.481 e. The predicted octanol–water partition coefficient (Wildman–Crippen LogP) is 4.88. The fourth-order valence-corrected chi connectivity index (χ4v) is 5.45. The van der Waals surface area contributed by atoms with Gasteiger partial charge in [-0.2, -0.15) is 0 Å². The van der Waals surface area contributed by atoms with E-state index in [-0.39, 0.29) is 17.9 Å². The van der Waals surface area contributed by atoms with Crippen molar-refractivity contribution in [2.24, 2.45) is 5.92 Å². The summed E-state index contributed by atoms with van der Waals surface area (Å²) < 4.78 is 6.25. The highest BCUT2D eigenvalue weighted by Crippen LogP contribution is 2.38. The molecule has 0 aromatic heterocycles. The highest BCUT2D eigenvalue weighted by atomic mass is 16.5. The molecule has 0 unspecified atom stereocenters. The van der Waals surface area contributed by atoms with Gasteiger partial charge in [-0.3, -0.25) is 9.59 Å². The van der Waals surface area contributed by atoms with Gasteiger partial charge in [0.05, 0.1) is 6.04 Å². The third-order valence-corrected chi connectivity index (χ3v) is 7.51. The molecule has 0 saturated carbocycles. The molecule has 0 bridgehead atoms. The van der Waals surface area contributed by atoms with Crippen molar-refractivity contribution in [1.29, 1.82) is 0 Å². The lowest BCUT2D eigenvalue weighted by atomic mass is 9.87. The van der Waals surface area contributed by atoms with Crippen molar-refractivity contribution in [3.8, 4) is 5.75 Å². The number of hydrogen-bond donors (Lipinski definition) is 1. The van der Waals surface area contributed by atoms with Crippen LogP contribution in [0.5, 0.6) is 5.75 Å². The third kappa shape index (κ3) is 6.92. The van der Waals surface area contributed by atoms with Gasteiger partial charge in [0.15, 0.2) is 6.10 Å². The Bertz CT molecular complexity index is 1060. The van der Waals surface area contributed by atoms with Crippen LogP contribution in [0.2, 0.25) is 0 Å². The predicted molar refractivity (Wildman–Crippen MR) is 148 cm³/mol. The Morgan fingerprint density at radius 2 is 1.78 bits per heavy atom. The molecule has 2 amide bonds. The minimum Gasteiger partial charge on any atom is -0.481 e. The van der Waals surface area contributed by atoms with Crippen LogP contribution in [0.25, 0.3) is 0 Å². The van der Waals surface area contributed by atoms with E-state index >= 15 is 0 Å². The number of benzene rings is 2. The molecule has 37 heavy (non-hydrogen) atoms. The number of rotatable bonds is 10. The van der Waals surface area contributed by atoms with Gasteiger partial charge >= 0.3 is 0 Å². The van der Waals surface area contributed by atoms with Gasteiger partial charge in [-0.1, -0.05) is 56.7 Å². The standard InChI is InChI=1S/C31H43N3O3/c1-5-28(31(36)32-15-19-33-16-6-7-17-33)37-26-13-12-24-14-18-34(29(35)20-22(2)3)30(27(24)21-26)25-10-8-23(4)9-11-25/h8-13,21-22,28,30H,5-7,14-20H2,1-4H3,(H,32,36)/t28-,30-/m0/s1. The highest BCUT2D eigenvalue weighted by Gasteiger charge is 2.33. The van der Waals surface area contributed by atoms with Crippen LogP contribution < -0.4 is 10.1 Å². The SMILES string of the molecule is CC[C@H](Oc1ccc2c(c1)[C@H](c1ccc(C)cc1)N(C(=O)CC(C)C)CC2)C(=O)NCCN1CCCC1. The van der Waals surface area contributed by atoms with Crippen LogP contribution in [0, 0.1) is 12.8 Å². The summed E-state index contributed by atoms with van der Waals surface area (Å²) in [5.74, 6) is 1.09. The Hall–Kier alpha value is -2.86. The summed E-state index contributed by atoms with van der Waals surface area (Å²) in [5.41, 5.74) is 4.62. The summed E-state index contributed by atoms with van der Waals surface area (Å²) >= 11 is 0. The van der Waals surface area contributed by atoms with Gasteiger partial charge in [0.1, 0.15) is 5.75 Å². The number of likely N-dealkylation sites (tertiary alicyclic amines) is 1. The maximum atomic E-state index is 13.3. The summed E-state index contributed by atoms with van der Waals surface area (Å²) in [6.45, 7) is 12.7. The molecule has 6 nitrogen and oxygen atoms in total. The molecule has 1 fully saturated rings. The smallest absolute Gasteiger partial charge is 0.261 e. The summed E-state index contributed by atoms with van der Waals surface area (Å²) in [6, 6.07) is 14.4. The highest BCUT2D eigenvalue weighted by molar-refractivity contribution is 5.81. The van der Waals surface area contributed by atoms with Crippen molar-refractivity contribution >= 4 is 11.8 Å². The quantitative estimate of drug-likeness (QED) is 0.500. The number of amides is 2. The summed E-state index contributed by atoms with van der Waals surface area (Å²) in [7, 11) is 0. The van der Waals surface area contributed by atoms with Crippen LogP contribution in [0.3, 0.4) is 0 Å². The van der Waals surface area contributed by atoms with E-state index in [1.54, 1.807) is 0 Å². The van der Waals surface area contributed by atoms with E-state index in [1.165, 1.54) is 24.0 Å². The lowest BCUT2D eigenvalue weighted by Gasteiger charge is -2.38. The number of fused-ring (bicyclic) bond motifs is 1. The second-order valence-corrected chi connectivity index (χ2v) is 11.0. The zero-order valence-corrected chi connectivity index (χ0v) is 23.0. The van der Waals surface area contributed by atoms with Crippen LogP contribution >= 0.6 is 0 Å². The Morgan fingerprint density at radius 3 is 2.46 bits per heavy atom. The third-order valence-electron chi connectivity index (χ3n) is 7.51. The second kappa shape index (κ2) is 12.6. The van der Waals surface area contributed by atoms with E-state index in [0.29, 0.717) is 37.6 Å². The van der Waals surface area contributed by atoms with Gasteiger partial charge in [0.25, 0.3) is 5.91 Å². The van der Waals surface area contributed by atoms with E-state index in [4.69, 9.17) is 4.74 Å². The zero-order valence-electron chi connectivity index (χ0n) is 23.0. The number of carbonyl (C=O) groups is 2. The van der Waals surface area contributed by atoms with Gasteiger partial charge < -0.3 is 19.9 Å². The Labute approximate surface area is 222 Å². The summed E-state index contributed by atoms with van der Waals surface area (Å²) in [6.07, 6.45) is 3.89. The molecular weight excluding hydrogens is 462 g/mol. The zero-order chi connectivity index (χ0) is 26.4. The van der Waals surface area contributed by atoms with E-state index in [9.17, 15) is 9.59 Å². The molecule has 2 aromatic rings. The lowest BCUT2D eigenvalue weighted by Crippen LogP contribution is -2.42. The van der Waals surface area contributed by atoms with Crippen molar-refractivity contribution in [3.63, 3.8) is 0 Å². The molecule has 0 aliphatic carbocycles. The van der Waals surface area contributed by atoms with Gasteiger partial charge in [-0.15, -0.1) is 0 Å². The lowest BCUT2D eigenvalue weighted by molar-refractivity contribution is -0.134. The molecule has 6 heteroatoms. The average molecular weight is 506 g/mol. The van der Waals surface area contributed by atoms with Gasteiger partial charge in [-0.05, 0) is 80.4 Å². The molecule has 2 heterocycles. The van der Waals surface area contributed by atoms with E-state index in [2.05, 4.69) is 67.4 Å². The molecule has 1 N–H and O–H groups in total. The van der Waals surface area contributed by atoms with Crippen molar-refractivity contribution in [1.82, 2.24) is 15.1 Å². The number of aryl methyl sites for hydroxylation is 1. The minimum atomic E-state index is -0.545. The topological polar surface area (TPSA) is 61.9 Å². The first kappa shape index (κ1) is 27.2. The second-order valence-electron chi connectivity index (χ2n) is 11.0. The Kier molecular flexibility index (Phi) is 9.25. The molecule has 2 aliphatic heterocycles. The minimum absolute atomic E-state index is 0.0664. The molecule has 2 aromatic carbocycles. The van der Waals surface area contributed by atoms with E-state index in [0.717, 1.165) is 37.2 Å². The average Bonchev–Trinajstić information content (AvgIpc) is 3.40. The van der Waals surface area contributed by atoms with Crippen LogP contribution in [-0.4, -0.2) is 60.4 Å². The molecule has 4 rings (SSSR count). The molecule has 2 atom stereocenters. The van der Waals surface area contributed by atoms with Crippen LogP contribution in [-0.2, 0) is 16.0 Å². The van der Waals surface area contributed by atoms with Crippen LogP contribution in [0.4, 0.5) is 0 Å². The molecule has 0 radical (unpaired) electrons. The number of carbonyl (C=O) groups excluding carboxylic acids is 2. The molecular formula is C31H43N3O3. The van der Waals surface area contributed by atoms with Crippen molar-refractivity contribution in [3.05, 3.63) is 64.7 Å². The molecule has 0 spiro atoms. The number of ether oxygens (including phenoxy) is 1. The van der Waals surface area contributed by atoms with Gasteiger partial charge in [-0.25, -0.2) is 0 Å². The molecule has 2 aliphatic rings. The first-order chi connectivity index (χ1) is 17.9. The fourth-order valence-electron chi connectivity index (χ4n) is 5.45. The van der Waals surface area contributed by atoms with E-state index < -0.39 is 6.10 Å². The van der Waals surface area contributed by atoms with Crippen molar-refractivity contribution in [2.75, 3.05) is 32.7 Å². The Morgan fingerprint density at radius 1 is 1.05 bits per heavy atom. The Balaban J connectivity index is 1.53. The van der Waals surface area contributed by atoms with Crippen molar-refractivity contribution < 1.29 is 14.3 Å². The normalized spacial score (nSPS) is 18.5. The van der Waals surface area contributed by atoms with Gasteiger partial charge in [0.2, 0.25) is 5.91 Å². The van der Waals surface area contributed by atoms with Crippen LogP contribution in [0.1, 0.15) is 74.8 Å². The fraction of sp³-hybridized carbons (Fsp3) is 0.548. The summed E-state index contributed by atoms with van der Waals surface area (Å²) in [4.78, 5) is 30.6. The number of hydrogen-bond acceptors (Lipinski definition) is 4.